The number of hydrogen-bond acceptors (Lipinski definition) is 7. The van der Waals surface area contributed by atoms with E-state index in [0.29, 0.717) is 37.8 Å². The number of rotatable bonds is 3. The molecule has 6 N–H and O–H groups in total. The maximum absolute atomic E-state index is 14.1. The average Bonchev–Trinajstić information content (AvgIpc) is 3.24. The van der Waals surface area contributed by atoms with Gasteiger partial charge >= 0.3 is 0 Å². The average molecular weight is 420 g/mol. The number of ether oxygens (including phenoxy) is 1. The van der Waals surface area contributed by atoms with Crippen molar-refractivity contribution in [1.29, 1.82) is 0 Å². The number of benzene rings is 1. The number of aromatic nitrogens is 2. The molecule has 1 fully saturated rings. The number of nitrogens with two attached hydrogens (primary N) is 3. The van der Waals surface area contributed by atoms with Crippen molar-refractivity contribution < 1.29 is 13.5 Å². The quantitative estimate of drug-likeness (QED) is 0.282. The molecule has 4 rings (SSSR count). The van der Waals surface area contributed by atoms with E-state index in [1.54, 1.807) is 7.05 Å². The third-order valence-corrected chi connectivity index (χ3v) is 5.84. The number of imidazole rings is 1. The molecule has 0 amide bonds. The van der Waals surface area contributed by atoms with Crippen molar-refractivity contribution in [3.05, 3.63) is 52.6 Å². The van der Waals surface area contributed by atoms with Crippen LogP contribution < -0.4 is 17.4 Å². The van der Waals surface area contributed by atoms with Gasteiger partial charge in [-0.1, -0.05) is 0 Å². The highest BCUT2D eigenvalue weighted by Gasteiger charge is 2.38. The van der Waals surface area contributed by atoms with Crippen LogP contribution in [-0.4, -0.2) is 51.0 Å². The first-order valence-corrected chi connectivity index (χ1v) is 9.67. The molecule has 11 heteroatoms. The Morgan fingerprint density at radius 1 is 1.33 bits per heavy atom. The summed E-state index contributed by atoms with van der Waals surface area (Å²) in [5.41, 5.74) is 8.43. The number of fused-ring (bicyclic) bond motifs is 1. The zero-order chi connectivity index (χ0) is 21.6. The SMILES string of the molecule is CN(N)/C(=N\N)c1nc2c(n1C)CN(C1CO[C@H](c3cc(F)ccc3F)C(N)C1)C2. The van der Waals surface area contributed by atoms with Crippen molar-refractivity contribution in [1.82, 2.24) is 19.5 Å². The normalized spacial score (nSPS) is 24.9. The van der Waals surface area contributed by atoms with Crippen LogP contribution in [0.3, 0.4) is 0 Å². The fraction of sp³-hybridized carbons (Fsp3) is 0.474. The van der Waals surface area contributed by atoms with Gasteiger partial charge in [-0.2, -0.15) is 5.10 Å². The number of amidine groups is 1. The molecule has 3 atom stereocenters. The minimum Gasteiger partial charge on any atom is -0.370 e. The van der Waals surface area contributed by atoms with E-state index in [4.69, 9.17) is 22.2 Å². The van der Waals surface area contributed by atoms with E-state index in [9.17, 15) is 8.78 Å². The molecule has 2 aromatic rings. The summed E-state index contributed by atoms with van der Waals surface area (Å²) in [6.45, 7) is 1.65. The van der Waals surface area contributed by atoms with Crippen molar-refractivity contribution in [2.75, 3.05) is 13.7 Å². The molecule has 0 bridgehead atoms. The minimum atomic E-state index is -0.671. The monoisotopic (exact) mass is 420 g/mol. The molecule has 9 nitrogen and oxygen atoms in total. The molecule has 2 aliphatic rings. The molecule has 30 heavy (non-hydrogen) atoms. The van der Waals surface area contributed by atoms with Gasteiger partial charge in [-0.15, -0.1) is 0 Å². The van der Waals surface area contributed by atoms with E-state index in [0.717, 1.165) is 29.6 Å². The molecule has 162 valence electrons. The van der Waals surface area contributed by atoms with Gasteiger partial charge in [0.05, 0.1) is 18.0 Å². The van der Waals surface area contributed by atoms with Gasteiger partial charge in [-0.3, -0.25) is 9.91 Å². The topological polar surface area (TPSA) is 124 Å². The fourth-order valence-corrected chi connectivity index (χ4v) is 4.27. The summed E-state index contributed by atoms with van der Waals surface area (Å²) in [4.78, 5) is 6.88. The maximum atomic E-state index is 14.1. The van der Waals surface area contributed by atoms with Crippen LogP contribution >= 0.6 is 0 Å². The predicted molar refractivity (Wildman–Crippen MR) is 107 cm³/mol. The molecular formula is C19H26F2N8O. The van der Waals surface area contributed by atoms with E-state index in [-0.39, 0.29) is 11.6 Å². The zero-order valence-corrected chi connectivity index (χ0v) is 16.9. The number of nitrogens with zero attached hydrogens (tertiary/aromatic N) is 5. The van der Waals surface area contributed by atoms with Gasteiger partial charge in [0.15, 0.2) is 5.82 Å². The summed E-state index contributed by atoms with van der Waals surface area (Å²) < 4.78 is 35.5. The molecule has 1 aromatic carbocycles. The molecule has 0 aliphatic carbocycles. The summed E-state index contributed by atoms with van der Waals surface area (Å²) in [6, 6.07) is 2.94. The van der Waals surface area contributed by atoms with Crippen LogP contribution in [0.25, 0.3) is 0 Å². The third-order valence-electron chi connectivity index (χ3n) is 5.84. The summed E-state index contributed by atoms with van der Waals surface area (Å²) in [7, 11) is 3.54. The molecular weight excluding hydrogens is 394 g/mol. The first-order valence-electron chi connectivity index (χ1n) is 9.67. The summed E-state index contributed by atoms with van der Waals surface area (Å²) in [5, 5.41) is 5.06. The number of hydrazone groups is 1. The van der Waals surface area contributed by atoms with Crippen LogP contribution in [-0.2, 0) is 24.9 Å². The molecule has 3 heterocycles. The highest BCUT2D eigenvalue weighted by molar-refractivity contribution is 5.95. The van der Waals surface area contributed by atoms with Gasteiger partial charge in [0.1, 0.15) is 17.7 Å². The first-order chi connectivity index (χ1) is 14.3. The van der Waals surface area contributed by atoms with Crippen LogP contribution in [0, 0.1) is 11.6 Å². The Hall–Kier alpha value is -2.60. The van der Waals surface area contributed by atoms with E-state index >= 15 is 0 Å². The van der Waals surface area contributed by atoms with Gasteiger partial charge in [0.25, 0.3) is 0 Å². The maximum Gasteiger partial charge on any atom is 0.205 e. The molecule has 1 saturated heterocycles. The highest BCUT2D eigenvalue weighted by Crippen LogP contribution is 2.34. The minimum absolute atomic E-state index is 0.0466. The Morgan fingerprint density at radius 2 is 2.10 bits per heavy atom. The van der Waals surface area contributed by atoms with Crippen molar-refractivity contribution in [2.24, 2.45) is 29.6 Å². The van der Waals surface area contributed by atoms with Crippen LogP contribution in [0.2, 0.25) is 0 Å². The van der Waals surface area contributed by atoms with Crippen LogP contribution in [0.5, 0.6) is 0 Å². The zero-order valence-electron chi connectivity index (χ0n) is 16.9. The van der Waals surface area contributed by atoms with Crippen molar-refractivity contribution in [3.63, 3.8) is 0 Å². The van der Waals surface area contributed by atoms with Crippen molar-refractivity contribution in [2.45, 2.75) is 37.7 Å². The number of hydrazine groups is 1. The molecule has 0 saturated carbocycles. The predicted octanol–water partition coefficient (Wildman–Crippen LogP) is 0.297. The van der Waals surface area contributed by atoms with Gasteiger partial charge in [-0.05, 0) is 24.6 Å². The standard InChI is InChI=1S/C19H26F2N8O/c1-27-16-8-29(7-15(16)25-18(27)19(26-23)28(2)24)11-6-14(22)17(30-9-11)12-5-10(20)3-4-13(12)21/h3-5,11,14,17H,6-9,22-24H2,1-2H3/b26-19-/t11?,14?,17-/m1/s1. The second-order valence-corrected chi connectivity index (χ2v) is 7.83. The van der Waals surface area contributed by atoms with Crippen molar-refractivity contribution in [3.8, 4) is 0 Å². The number of hydrogen-bond donors (Lipinski definition) is 3. The Kier molecular flexibility index (Phi) is 5.45. The Labute approximate surface area is 173 Å². The Bertz CT molecular complexity index is 976. The van der Waals surface area contributed by atoms with Crippen LogP contribution in [0.4, 0.5) is 8.78 Å². The van der Waals surface area contributed by atoms with Gasteiger partial charge < -0.3 is 20.9 Å². The summed E-state index contributed by atoms with van der Waals surface area (Å²) in [6.07, 6.45) is -0.0715. The second kappa shape index (κ2) is 7.91. The number of halogens is 2. The Balaban J connectivity index is 1.46. The van der Waals surface area contributed by atoms with Gasteiger partial charge in [0, 0.05) is 44.8 Å². The van der Waals surface area contributed by atoms with E-state index < -0.39 is 23.8 Å². The van der Waals surface area contributed by atoms with E-state index in [1.165, 1.54) is 5.01 Å². The molecule has 2 unspecified atom stereocenters. The first kappa shape index (κ1) is 20.7. The molecule has 2 aliphatic heterocycles. The lowest BCUT2D eigenvalue weighted by molar-refractivity contribution is -0.0535. The largest absolute Gasteiger partial charge is 0.370 e. The van der Waals surface area contributed by atoms with Gasteiger partial charge in [-0.25, -0.2) is 19.6 Å². The molecule has 0 spiro atoms. The fourth-order valence-electron chi connectivity index (χ4n) is 4.27. The lowest BCUT2D eigenvalue weighted by Crippen LogP contribution is -2.48. The second-order valence-electron chi connectivity index (χ2n) is 7.83. The highest BCUT2D eigenvalue weighted by atomic mass is 19.1. The smallest absolute Gasteiger partial charge is 0.205 e. The molecule has 1 aromatic heterocycles. The summed E-state index contributed by atoms with van der Waals surface area (Å²) >= 11 is 0. The Morgan fingerprint density at radius 3 is 2.73 bits per heavy atom. The summed E-state index contributed by atoms with van der Waals surface area (Å²) in [5.74, 6) is 11.2. The van der Waals surface area contributed by atoms with Crippen LogP contribution in [0.1, 0.15) is 35.3 Å². The van der Waals surface area contributed by atoms with Crippen LogP contribution in [0.15, 0.2) is 23.3 Å². The third kappa shape index (κ3) is 3.54. The lowest BCUT2D eigenvalue weighted by Gasteiger charge is -2.38. The van der Waals surface area contributed by atoms with E-state index in [1.807, 2.05) is 11.6 Å². The van der Waals surface area contributed by atoms with Crippen molar-refractivity contribution >= 4 is 5.84 Å². The van der Waals surface area contributed by atoms with Gasteiger partial charge in [0.2, 0.25) is 5.84 Å². The molecule has 0 radical (unpaired) electrons. The van der Waals surface area contributed by atoms with E-state index in [2.05, 4.69) is 15.0 Å². The lowest BCUT2D eigenvalue weighted by atomic mass is 9.93.